The lowest BCUT2D eigenvalue weighted by Crippen LogP contribution is -2.49. The zero-order valence-corrected chi connectivity index (χ0v) is 19.1. The molecule has 1 saturated heterocycles. The van der Waals surface area contributed by atoms with Gasteiger partial charge in [0.2, 0.25) is 0 Å². The molecule has 0 saturated carbocycles. The van der Waals surface area contributed by atoms with Gasteiger partial charge < -0.3 is 4.57 Å². The quantitative estimate of drug-likeness (QED) is 0.442. The van der Waals surface area contributed by atoms with E-state index >= 15 is 0 Å². The van der Waals surface area contributed by atoms with Gasteiger partial charge in [0.15, 0.2) is 0 Å². The van der Waals surface area contributed by atoms with E-state index in [1.807, 2.05) is 22.8 Å². The molecule has 4 aromatic rings. The largest absolute Gasteiger partial charge is 0.311 e. The fourth-order valence-corrected chi connectivity index (χ4v) is 8.83. The number of thiophene rings is 2. The number of fused-ring (bicyclic) bond motifs is 5. The summed E-state index contributed by atoms with van der Waals surface area (Å²) in [6.07, 6.45) is 0.914. The van der Waals surface area contributed by atoms with Gasteiger partial charge in [-0.1, -0.05) is 24.3 Å². The standard InChI is InChI=1S/C23H20N2O3S3/c26-21-8-7-18(20-11-16-4-1-2-5-19(16)30-20)23-17-10-15(13-25(21)23)12-24(14-17)31(27,28)22-6-3-9-29-22/h1-9,11,15,17H,10,12-14H2/t15-,17-/m0/s1. The Morgan fingerprint density at radius 1 is 0.968 bits per heavy atom. The van der Waals surface area contributed by atoms with Gasteiger partial charge in [-0.2, -0.15) is 4.31 Å². The molecule has 2 bridgehead atoms. The van der Waals surface area contributed by atoms with Gasteiger partial charge in [-0.25, -0.2) is 8.42 Å². The fraction of sp³-hybridized carbons (Fsp3) is 0.261. The third kappa shape index (κ3) is 3.12. The average molecular weight is 469 g/mol. The van der Waals surface area contributed by atoms with Gasteiger partial charge in [-0.3, -0.25) is 4.79 Å². The Morgan fingerprint density at radius 3 is 2.65 bits per heavy atom. The highest BCUT2D eigenvalue weighted by Crippen LogP contribution is 2.43. The van der Waals surface area contributed by atoms with Gasteiger partial charge in [-0.15, -0.1) is 22.7 Å². The zero-order valence-electron chi connectivity index (χ0n) is 16.6. The third-order valence-electron chi connectivity index (χ3n) is 6.34. The molecule has 0 spiro atoms. The van der Waals surface area contributed by atoms with E-state index < -0.39 is 10.0 Å². The molecular formula is C23H20N2O3S3. The van der Waals surface area contributed by atoms with Crippen LogP contribution in [-0.4, -0.2) is 30.4 Å². The van der Waals surface area contributed by atoms with Gasteiger partial charge >= 0.3 is 0 Å². The summed E-state index contributed by atoms with van der Waals surface area (Å²) in [6, 6.07) is 17.5. The molecular weight excluding hydrogens is 448 g/mol. The smallest absolute Gasteiger partial charge is 0.252 e. The van der Waals surface area contributed by atoms with Crippen LogP contribution in [0, 0.1) is 5.92 Å². The average Bonchev–Trinajstić information content (AvgIpc) is 3.44. The maximum absolute atomic E-state index is 13.2. The number of hydrogen-bond acceptors (Lipinski definition) is 5. The molecule has 5 heterocycles. The lowest BCUT2D eigenvalue weighted by Gasteiger charge is -2.42. The minimum absolute atomic E-state index is 0.00382. The van der Waals surface area contributed by atoms with E-state index in [0.717, 1.165) is 22.6 Å². The van der Waals surface area contributed by atoms with E-state index in [1.165, 1.54) is 21.4 Å². The van der Waals surface area contributed by atoms with Crippen LogP contribution in [0.1, 0.15) is 18.0 Å². The summed E-state index contributed by atoms with van der Waals surface area (Å²) >= 11 is 2.98. The van der Waals surface area contributed by atoms with Crippen molar-refractivity contribution in [3.63, 3.8) is 0 Å². The Morgan fingerprint density at radius 2 is 1.84 bits per heavy atom. The van der Waals surface area contributed by atoms with E-state index in [1.54, 1.807) is 39.2 Å². The molecule has 8 heteroatoms. The number of benzene rings is 1. The monoisotopic (exact) mass is 468 g/mol. The van der Waals surface area contributed by atoms with Gasteiger partial charge in [0.05, 0.1) is 0 Å². The maximum Gasteiger partial charge on any atom is 0.252 e. The molecule has 3 aromatic heterocycles. The van der Waals surface area contributed by atoms with Crippen molar-refractivity contribution in [2.45, 2.75) is 23.1 Å². The Bertz CT molecular complexity index is 1420. The first kappa shape index (κ1) is 19.4. The predicted octanol–water partition coefficient (Wildman–Crippen LogP) is 4.60. The van der Waals surface area contributed by atoms with Crippen LogP contribution in [-0.2, 0) is 16.6 Å². The molecule has 2 aliphatic heterocycles. The fourth-order valence-electron chi connectivity index (χ4n) is 5.03. The molecule has 31 heavy (non-hydrogen) atoms. The van der Waals surface area contributed by atoms with Crippen molar-refractivity contribution in [1.82, 2.24) is 8.87 Å². The molecule has 0 radical (unpaired) electrons. The highest BCUT2D eigenvalue weighted by Gasteiger charge is 2.41. The van der Waals surface area contributed by atoms with Crippen molar-refractivity contribution in [3.05, 3.63) is 76.0 Å². The first-order valence-corrected chi connectivity index (χ1v) is 13.4. The van der Waals surface area contributed by atoms with Crippen LogP contribution in [0.2, 0.25) is 0 Å². The van der Waals surface area contributed by atoms with E-state index in [9.17, 15) is 13.2 Å². The SMILES string of the molecule is O=c1ccc(-c2cc3ccccc3s2)c2n1C[C@H]1C[C@H]2CN(S(=O)(=O)c2cccs2)C1. The molecule has 2 aliphatic rings. The lowest BCUT2D eigenvalue weighted by atomic mass is 9.82. The molecule has 6 rings (SSSR count). The van der Waals surface area contributed by atoms with Gasteiger partial charge in [0.25, 0.3) is 15.6 Å². The van der Waals surface area contributed by atoms with Crippen molar-refractivity contribution in [3.8, 4) is 10.4 Å². The number of rotatable bonds is 3. The second kappa shape index (κ2) is 7.13. The number of piperidine rings is 1. The molecule has 0 amide bonds. The van der Waals surface area contributed by atoms with Crippen LogP contribution < -0.4 is 5.56 Å². The number of pyridine rings is 1. The van der Waals surface area contributed by atoms with Crippen molar-refractivity contribution in [1.29, 1.82) is 0 Å². The van der Waals surface area contributed by atoms with Gasteiger partial charge in [0, 0.05) is 52.5 Å². The molecule has 1 fully saturated rings. The van der Waals surface area contributed by atoms with Crippen molar-refractivity contribution < 1.29 is 8.42 Å². The molecule has 0 aliphatic carbocycles. The van der Waals surface area contributed by atoms with Gasteiger partial charge in [0.1, 0.15) is 4.21 Å². The van der Waals surface area contributed by atoms with Gasteiger partial charge in [-0.05, 0) is 47.4 Å². The summed E-state index contributed by atoms with van der Waals surface area (Å²) in [6.45, 7) is 1.45. The van der Waals surface area contributed by atoms with Crippen molar-refractivity contribution in [2.24, 2.45) is 5.92 Å². The summed E-state index contributed by atoms with van der Waals surface area (Å²) in [4.78, 5) is 13.9. The van der Waals surface area contributed by atoms with Crippen molar-refractivity contribution in [2.75, 3.05) is 13.1 Å². The van der Waals surface area contributed by atoms with Crippen LogP contribution >= 0.6 is 22.7 Å². The van der Waals surface area contributed by atoms with E-state index in [2.05, 4.69) is 18.2 Å². The third-order valence-corrected chi connectivity index (χ3v) is 10.7. The van der Waals surface area contributed by atoms with E-state index in [0.29, 0.717) is 23.8 Å². The minimum atomic E-state index is -3.50. The summed E-state index contributed by atoms with van der Waals surface area (Å²) in [7, 11) is -3.50. The summed E-state index contributed by atoms with van der Waals surface area (Å²) < 4.78 is 31.5. The second-order valence-corrected chi connectivity index (χ2v) is 12.5. The Labute approximate surface area is 188 Å². The van der Waals surface area contributed by atoms with Crippen molar-refractivity contribution >= 4 is 42.8 Å². The first-order valence-electron chi connectivity index (χ1n) is 10.3. The number of hydrogen-bond donors (Lipinski definition) is 0. The highest BCUT2D eigenvalue weighted by atomic mass is 32.2. The topological polar surface area (TPSA) is 59.4 Å². The molecule has 0 N–H and O–H groups in total. The number of aromatic nitrogens is 1. The van der Waals surface area contributed by atoms with Crippen LogP contribution in [0.3, 0.4) is 0 Å². The minimum Gasteiger partial charge on any atom is -0.311 e. The predicted molar refractivity (Wildman–Crippen MR) is 125 cm³/mol. The summed E-state index contributed by atoms with van der Waals surface area (Å²) in [5.74, 6) is 0.160. The molecule has 2 atom stereocenters. The normalized spacial score (nSPS) is 21.3. The Balaban J connectivity index is 1.46. The van der Waals surface area contributed by atoms with Crippen LogP contribution in [0.4, 0.5) is 0 Å². The lowest BCUT2D eigenvalue weighted by molar-refractivity contribution is 0.187. The molecule has 1 aromatic carbocycles. The Kier molecular flexibility index (Phi) is 4.47. The maximum atomic E-state index is 13.2. The highest BCUT2D eigenvalue weighted by molar-refractivity contribution is 7.91. The van der Waals surface area contributed by atoms with E-state index in [-0.39, 0.29) is 17.4 Å². The Hall–Kier alpha value is -2.26. The van der Waals surface area contributed by atoms with Crippen LogP contribution in [0.5, 0.6) is 0 Å². The first-order chi connectivity index (χ1) is 15.0. The van der Waals surface area contributed by atoms with Crippen LogP contribution in [0.15, 0.2) is 69.0 Å². The summed E-state index contributed by atoms with van der Waals surface area (Å²) in [5.41, 5.74) is 2.05. The second-order valence-electron chi connectivity index (χ2n) is 8.28. The molecule has 5 nitrogen and oxygen atoms in total. The number of nitrogens with zero attached hydrogens (tertiary/aromatic N) is 2. The number of sulfonamides is 1. The van der Waals surface area contributed by atoms with E-state index in [4.69, 9.17) is 0 Å². The molecule has 158 valence electrons. The zero-order chi connectivity index (χ0) is 21.2. The molecule has 0 unspecified atom stereocenters. The van der Waals surface area contributed by atoms with Crippen LogP contribution in [0.25, 0.3) is 20.5 Å². The summed E-state index contributed by atoms with van der Waals surface area (Å²) in [5, 5.41) is 2.98.